The minimum Gasteiger partial charge on any atom is -0.444 e. The Kier molecular flexibility index (Phi) is 4.32. The normalized spacial score (nSPS) is 28.1. The lowest BCUT2D eigenvalue weighted by molar-refractivity contribution is -0.115. The van der Waals surface area contributed by atoms with E-state index >= 15 is 0 Å². The van der Waals surface area contributed by atoms with Crippen LogP contribution >= 0.6 is 11.6 Å². The van der Waals surface area contributed by atoms with Crippen molar-refractivity contribution in [2.75, 3.05) is 19.0 Å². The van der Waals surface area contributed by atoms with Crippen LogP contribution in [0, 0.1) is 22.7 Å². The van der Waals surface area contributed by atoms with Crippen LogP contribution in [0.1, 0.15) is 20.8 Å². The van der Waals surface area contributed by atoms with Gasteiger partial charge in [-0.1, -0.05) is 0 Å². The second-order valence-corrected chi connectivity index (χ2v) is 6.59. The van der Waals surface area contributed by atoms with E-state index in [4.69, 9.17) is 16.3 Å². The molecule has 1 saturated carbocycles. The fourth-order valence-corrected chi connectivity index (χ4v) is 2.76. The third kappa shape index (κ3) is 3.58. The Labute approximate surface area is 127 Å². The number of amidine groups is 1. The Hall–Kier alpha value is -1.50. The molecule has 2 unspecified atom stereocenters. The molecule has 0 bridgehead atoms. The number of carbonyl (C=O) groups excluding carboxylic acids is 2. The number of amides is 2. The van der Waals surface area contributed by atoms with Gasteiger partial charge in [0.05, 0.1) is 0 Å². The summed E-state index contributed by atoms with van der Waals surface area (Å²) in [6.07, 6.45) is -0.358. The van der Waals surface area contributed by atoms with Crippen LogP contribution in [0.3, 0.4) is 0 Å². The molecule has 2 rings (SSSR count). The highest BCUT2D eigenvalue weighted by molar-refractivity contribution is 6.28. The summed E-state index contributed by atoms with van der Waals surface area (Å²) in [6.45, 7) is 6.41. The van der Waals surface area contributed by atoms with Crippen LogP contribution in [-0.4, -0.2) is 47.3 Å². The van der Waals surface area contributed by atoms with Crippen molar-refractivity contribution in [2.24, 2.45) is 27.9 Å². The molecule has 1 saturated heterocycles. The standard InChI is InChI=1S/C13H18ClN3O4/c1-13(2,3)21-12(19)17-5-7-8(6-17)10(7)11(16-20)15-9(18)4-14/h7-8,10H,4-6H2,1-3H3/b15-11-. The number of hydrogen-bond donors (Lipinski definition) is 0. The van der Waals surface area contributed by atoms with Gasteiger partial charge in [-0.05, 0) is 37.8 Å². The van der Waals surface area contributed by atoms with Crippen LogP contribution in [0.5, 0.6) is 0 Å². The summed E-state index contributed by atoms with van der Waals surface area (Å²) >= 11 is 5.36. The number of aliphatic imine (C=N–C) groups is 1. The first kappa shape index (κ1) is 15.9. The molecule has 0 N–H and O–H groups in total. The van der Waals surface area contributed by atoms with Crippen molar-refractivity contribution in [3.05, 3.63) is 4.91 Å². The van der Waals surface area contributed by atoms with E-state index < -0.39 is 11.5 Å². The smallest absolute Gasteiger partial charge is 0.410 e. The Morgan fingerprint density at radius 1 is 1.29 bits per heavy atom. The number of fused-ring (bicyclic) bond motifs is 1. The third-order valence-corrected chi connectivity index (χ3v) is 3.82. The summed E-state index contributed by atoms with van der Waals surface area (Å²) in [7, 11) is 0. The highest BCUT2D eigenvalue weighted by atomic mass is 35.5. The second kappa shape index (κ2) is 5.71. The molecule has 1 aliphatic carbocycles. The van der Waals surface area contributed by atoms with Crippen molar-refractivity contribution in [3.63, 3.8) is 0 Å². The number of ether oxygens (including phenoxy) is 1. The van der Waals surface area contributed by atoms with E-state index in [1.807, 2.05) is 20.8 Å². The molecule has 0 spiro atoms. The second-order valence-electron chi connectivity index (χ2n) is 6.33. The number of nitrogens with zero attached hydrogens (tertiary/aromatic N) is 3. The van der Waals surface area contributed by atoms with E-state index in [0.29, 0.717) is 13.1 Å². The molecule has 0 aromatic heterocycles. The van der Waals surface area contributed by atoms with Crippen molar-refractivity contribution in [1.29, 1.82) is 0 Å². The number of halogens is 1. The summed E-state index contributed by atoms with van der Waals surface area (Å²) in [6, 6.07) is 0. The highest BCUT2D eigenvalue weighted by Gasteiger charge is 2.60. The van der Waals surface area contributed by atoms with E-state index in [1.165, 1.54) is 0 Å². The van der Waals surface area contributed by atoms with Crippen LogP contribution in [0.4, 0.5) is 4.79 Å². The van der Waals surface area contributed by atoms with E-state index in [2.05, 4.69) is 10.2 Å². The number of nitroso groups, excluding NO2 is 1. The summed E-state index contributed by atoms with van der Waals surface area (Å²) < 4.78 is 5.29. The molecule has 21 heavy (non-hydrogen) atoms. The van der Waals surface area contributed by atoms with Gasteiger partial charge in [0.1, 0.15) is 11.5 Å². The van der Waals surface area contributed by atoms with Crippen molar-refractivity contribution in [2.45, 2.75) is 26.4 Å². The minimum atomic E-state index is -0.569. The highest BCUT2D eigenvalue weighted by Crippen LogP contribution is 2.52. The average molecular weight is 316 g/mol. The molecule has 7 nitrogen and oxygen atoms in total. The first-order valence-electron chi connectivity index (χ1n) is 6.75. The molecule has 2 amide bonds. The summed E-state index contributed by atoms with van der Waals surface area (Å²) in [5, 5.41) is 2.84. The first-order valence-corrected chi connectivity index (χ1v) is 7.29. The number of carbonyl (C=O) groups is 2. The maximum Gasteiger partial charge on any atom is 0.410 e. The van der Waals surface area contributed by atoms with Gasteiger partial charge in [-0.2, -0.15) is 4.99 Å². The van der Waals surface area contributed by atoms with Gasteiger partial charge >= 0.3 is 6.09 Å². The maximum absolute atomic E-state index is 11.9. The lowest BCUT2D eigenvalue weighted by atomic mass is 10.2. The van der Waals surface area contributed by atoms with Crippen LogP contribution in [0.25, 0.3) is 0 Å². The fourth-order valence-electron chi connectivity index (χ4n) is 2.70. The average Bonchev–Trinajstić information content (AvgIpc) is 2.87. The summed E-state index contributed by atoms with van der Waals surface area (Å²) in [4.78, 5) is 39.1. The molecule has 1 aliphatic heterocycles. The Balaban J connectivity index is 1.92. The van der Waals surface area contributed by atoms with Crippen molar-refractivity contribution >= 4 is 29.4 Å². The predicted molar refractivity (Wildman–Crippen MR) is 77.2 cm³/mol. The van der Waals surface area contributed by atoms with E-state index in [9.17, 15) is 14.5 Å². The van der Waals surface area contributed by atoms with Gasteiger partial charge < -0.3 is 9.64 Å². The molecular formula is C13H18ClN3O4. The number of alkyl halides is 1. The van der Waals surface area contributed by atoms with E-state index in [1.54, 1.807) is 4.90 Å². The van der Waals surface area contributed by atoms with E-state index in [-0.39, 0.29) is 35.6 Å². The van der Waals surface area contributed by atoms with Crippen LogP contribution < -0.4 is 0 Å². The largest absolute Gasteiger partial charge is 0.444 e. The molecule has 2 fully saturated rings. The van der Waals surface area contributed by atoms with Gasteiger partial charge in [0.2, 0.25) is 0 Å². The van der Waals surface area contributed by atoms with Gasteiger partial charge in [0, 0.05) is 19.0 Å². The summed E-state index contributed by atoms with van der Waals surface area (Å²) in [5.41, 5.74) is -0.535. The lowest BCUT2D eigenvalue weighted by Gasteiger charge is -2.25. The maximum atomic E-state index is 11.9. The predicted octanol–water partition coefficient (Wildman–Crippen LogP) is 2.03. The van der Waals surface area contributed by atoms with Gasteiger partial charge in [-0.3, -0.25) is 4.79 Å². The van der Waals surface area contributed by atoms with Crippen molar-refractivity contribution in [3.8, 4) is 0 Å². The molecular weight excluding hydrogens is 298 g/mol. The Bertz CT molecular complexity index is 488. The molecule has 8 heteroatoms. The van der Waals surface area contributed by atoms with Crippen molar-refractivity contribution in [1.82, 2.24) is 4.90 Å². The van der Waals surface area contributed by atoms with E-state index in [0.717, 1.165) is 0 Å². The lowest BCUT2D eigenvalue weighted by Crippen LogP contribution is -2.37. The number of hydrogen-bond acceptors (Lipinski definition) is 4. The van der Waals surface area contributed by atoms with Crippen molar-refractivity contribution < 1.29 is 14.3 Å². The molecule has 0 radical (unpaired) electrons. The molecule has 0 aromatic rings. The Morgan fingerprint density at radius 2 is 1.86 bits per heavy atom. The summed E-state index contributed by atoms with van der Waals surface area (Å²) in [5.74, 6) is -0.743. The first-order chi connectivity index (χ1) is 9.76. The molecule has 0 aromatic carbocycles. The number of rotatable bonds is 2. The topological polar surface area (TPSA) is 88.4 Å². The zero-order valence-corrected chi connectivity index (χ0v) is 13.0. The molecule has 1 heterocycles. The van der Waals surface area contributed by atoms with Crippen LogP contribution in [0.15, 0.2) is 10.2 Å². The van der Waals surface area contributed by atoms with Gasteiger partial charge in [-0.15, -0.1) is 16.5 Å². The van der Waals surface area contributed by atoms with Gasteiger partial charge in [-0.25, -0.2) is 4.79 Å². The Morgan fingerprint density at radius 3 is 2.29 bits per heavy atom. The molecule has 2 aliphatic rings. The zero-order chi connectivity index (χ0) is 15.8. The minimum absolute atomic E-state index is 0.000473. The quantitative estimate of drug-likeness (QED) is 0.337. The number of likely N-dealkylation sites (tertiary alicyclic amines) is 1. The zero-order valence-electron chi connectivity index (χ0n) is 12.2. The van der Waals surface area contributed by atoms with Gasteiger partial charge in [0.25, 0.3) is 5.91 Å². The number of piperidine rings is 1. The van der Waals surface area contributed by atoms with Crippen LogP contribution in [-0.2, 0) is 9.53 Å². The monoisotopic (exact) mass is 315 g/mol. The SMILES string of the molecule is CC(C)(C)OC(=O)N1CC2C(C1)C2/C(N=O)=N/C(=O)CCl. The molecule has 116 valence electrons. The van der Waals surface area contributed by atoms with Gasteiger partial charge in [0.15, 0.2) is 5.84 Å². The molecule has 2 atom stereocenters. The fraction of sp³-hybridized carbons (Fsp3) is 0.769. The third-order valence-electron chi connectivity index (χ3n) is 3.59. The van der Waals surface area contributed by atoms with Crippen LogP contribution in [0.2, 0.25) is 0 Å².